The summed E-state index contributed by atoms with van der Waals surface area (Å²) < 4.78 is 5.25. The second-order valence-corrected chi connectivity index (χ2v) is 3.69. The minimum Gasteiger partial charge on any atom is -0.380 e. The van der Waals surface area contributed by atoms with Crippen LogP contribution in [0, 0.1) is 0 Å². The van der Waals surface area contributed by atoms with Crippen LogP contribution >= 0.6 is 11.6 Å². The molecule has 0 radical (unpaired) electrons. The van der Waals surface area contributed by atoms with Crippen LogP contribution in [-0.2, 0) is 4.74 Å². The number of nitrogens with zero attached hydrogens (tertiary/aromatic N) is 4. The summed E-state index contributed by atoms with van der Waals surface area (Å²) in [5, 5.41) is 0.123. The molecule has 0 aromatic carbocycles. The number of anilines is 2. The van der Waals surface area contributed by atoms with E-state index in [-0.39, 0.29) is 17.3 Å². The Kier molecular flexibility index (Phi) is 2.88. The van der Waals surface area contributed by atoms with Crippen molar-refractivity contribution >= 4 is 23.5 Å². The van der Waals surface area contributed by atoms with E-state index in [9.17, 15) is 0 Å². The molecule has 1 aliphatic heterocycles. The lowest BCUT2D eigenvalue weighted by atomic mass is 10.3. The number of nitrogen functional groups attached to an aromatic ring is 1. The summed E-state index contributed by atoms with van der Waals surface area (Å²) >= 11 is 5.70. The molecule has 1 atom stereocenters. The van der Waals surface area contributed by atoms with Crippen molar-refractivity contribution in [3.8, 4) is 0 Å². The van der Waals surface area contributed by atoms with Gasteiger partial charge in [0.05, 0.1) is 6.10 Å². The summed E-state index contributed by atoms with van der Waals surface area (Å²) in [5.74, 6) is 0.665. The zero-order valence-electron chi connectivity index (χ0n) is 8.35. The minimum absolute atomic E-state index is 0.123. The highest BCUT2D eigenvalue weighted by atomic mass is 35.5. The third kappa shape index (κ3) is 2.27. The Labute approximate surface area is 92.4 Å². The highest BCUT2D eigenvalue weighted by Gasteiger charge is 2.24. The molecule has 0 amide bonds. The number of halogens is 1. The molecule has 82 valence electrons. The van der Waals surface area contributed by atoms with Gasteiger partial charge < -0.3 is 15.4 Å². The lowest BCUT2D eigenvalue weighted by Gasteiger charge is -2.15. The number of rotatable bonds is 2. The molecule has 0 saturated carbocycles. The van der Waals surface area contributed by atoms with Crippen LogP contribution in [0.1, 0.15) is 6.42 Å². The van der Waals surface area contributed by atoms with Crippen LogP contribution in [0.2, 0.25) is 5.28 Å². The molecule has 1 aliphatic rings. The zero-order valence-corrected chi connectivity index (χ0v) is 9.11. The Morgan fingerprint density at radius 1 is 1.47 bits per heavy atom. The van der Waals surface area contributed by atoms with Crippen molar-refractivity contribution in [2.24, 2.45) is 0 Å². The molecule has 2 heterocycles. The number of hydrogen-bond acceptors (Lipinski definition) is 6. The fraction of sp³-hybridized carbons (Fsp3) is 0.625. The van der Waals surface area contributed by atoms with Crippen LogP contribution in [0.3, 0.4) is 0 Å². The first-order valence-electron chi connectivity index (χ1n) is 4.64. The lowest BCUT2D eigenvalue weighted by molar-refractivity contribution is 0.121. The second kappa shape index (κ2) is 4.16. The fourth-order valence-corrected chi connectivity index (χ4v) is 1.76. The minimum atomic E-state index is 0.123. The Morgan fingerprint density at radius 2 is 2.27 bits per heavy atom. The molecule has 0 aliphatic carbocycles. The SMILES string of the molecule is COC1CCN(c2nc(N)nc(Cl)n2)C1. The Bertz CT molecular complexity index is 341. The van der Waals surface area contributed by atoms with Crippen molar-refractivity contribution in [3.05, 3.63) is 5.28 Å². The Hall–Kier alpha value is -1.14. The fourth-order valence-electron chi connectivity index (χ4n) is 1.60. The van der Waals surface area contributed by atoms with E-state index in [1.807, 2.05) is 4.90 Å². The van der Waals surface area contributed by atoms with Crippen molar-refractivity contribution in [3.63, 3.8) is 0 Å². The van der Waals surface area contributed by atoms with Crippen LogP contribution in [0.15, 0.2) is 0 Å². The number of ether oxygens (including phenoxy) is 1. The molecule has 7 heteroatoms. The van der Waals surface area contributed by atoms with Crippen molar-refractivity contribution in [2.75, 3.05) is 30.8 Å². The van der Waals surface area contributed by atoms with Gasteiger partial charge in [-0.1, -0.05) is 0 Å². The van der Waals surface area contributed by atoms with Crippen LogP contribution < -0.4 is 10.6 Å². The van der Waals surface area contributed by atoms with E-state index in [1.54, 1.807) is 7.11 Å². The van der Waals surface area contributed by atoms with E-state index >= 15 is 0 Å². The van der Waals surface area contributed by atoms with Crippen LogP contribution in [0.5, 0.6) is 0 Å². The van der Waals surface area contributed by atoms with Gasteiger partial charge in [-0.15, -0.1) is 0 Å². The van der Waals surface area contributed by atoms with E-state index < -0.39 is 0 Å². The van der Waals surface area contributed by atoms with Gasteiger partial charge >= 0.3 is 0 Å². The molecule has 6 nitrogen and oxygen atoms in total. The van der Waals surface area contributed by atoms with Gasteiger partial charge in [0.25, 0.3) is 0 Å². The largest absolute Gasteiger partial charge is 0.380 e. The van der Waals surface area contributed by atoms with Gasteiger partial charge in [-0.3, -0.25) is 0 Å². The smallest absolute Gasteiger partial charge is 0.231 e. The molecular weight excluding hydrogens is 218 g/mol. The molecule has 1 aromatic heterocycles. The molecule has 0 spiro atoms. The Morgan fingerprint density at radius 3 is 2.87 bits per heavy atom. The van der Waals surface area contributed by atoms with E-state index in [1.165, 1.54) is 0 Å². The third-order valence-electron chi connectivity index (χ3n) is 2.37. The van der Waals surface area contributed by atoms with E-state index in [4.69, 9.17) is 22.1 Å². The van der Waals surface area contributed by atoms with Crippen LogP contribution in [0.4, 0.5) is 11.9 Å². The lowest BCUT2D eigenvalue weighted by Crippen LogP contribution is -2.24. The zero-order chi connectivity index (χ0) is 10.8. The summed E-state index contributed by atoms with van der Waals surface area (Å²) in [4.78, 5) is 13.7. The number of methoxy groups -OCH3 is 1. The molecule has 1 fully saturated rings. The highest BCUT2D eigenvalue weighted by molar-refractivity contribution is 6.28. The molecular formula is C8H12ClN5O. The maximum absolute atomic E-state index is 5.70. The third-order valence-corrected chi connectivity index (χ3v) is 2.54. The van der Waals surface area contributed by atoms with Crippen LogP contribution in [0.25, 0.3) is 0 Å². The topological polar surface area (TPSA) is 77.2 Å². The van der Waals surface area contributed by atoms with Crippen molar-refractivity contribution in [1.29, 1.82) is 0 Å². The van der Waals surface area contributed by atoms with Gasteiger partial charge in [-0.2, -0.15) is 15.0 Å². The number of nitrogens with two attached hydrogens (primary N) is 1. The first kappa shape index (κ1) is 10.4. The summed E-state index contributed by atoms with van der Waals surface area (Å²) in [5.41, 5.74) is 5.49. The molecule has 1 aromatic rings. The first-order valence-corrected chi connectivity index (χ1v) is 5.01. The van der Waals surface area contributed by atoms with Gasteiger partial charge in [0.1, 0.15) is 0 Å². The highest BCUT2D eigenvalue weighted by Crippen LogP contribution is 2.19. The van der Waals surface area contributed by atoms with Crippen LogP contribution in [-0.4, -0.2) is 41.3 Å². The summed E-state index contributed by atoms with van der Waals surface area (Å²) in [6.45, 7) is 1.61. The average molecular weight is 230 g/mol. The monoisotopic (exact) mass is 229 g/mol. The standard InChI is InChI=1S/C8H12ClN5O/c1-15-5-2-3-14(4-5)8-12-6(9)11-7(10)13-8/h5H,2-4H2,1H3,(H2,10,11,12,13). The summed E-state index contributed by atoms with van der Waals surface area (Å²) in [7, 11) is 1.70. The predicted molar refractivity (Wildman–Crippen MR) is 56.9 cm³/mol. The van der Waals surface area contributed by atoms with E-state index in [0.717, 1.165) is 19.5 Å². The predicted octanol–water partition coefficient (Wildman–Crippen LogP) is 0.332. The second-order valence-electron chi connectivity index (χ2n) is 3.36. The van der Waals surface area contributed by atoms with Crippen molar-refractivity contribution in [2.45, 2.75) is 12.5 Å². The van der Waals surface area contributed by atoms with Gasteiger partial charge in [-0.25, -0.2) is 0 Å². The van der Waals surface area contributed by atoms with Gasteiger partial charge in [-0.05, 0) is 18.0 Å². The van der Waals surface area contributed by atoms with Crippen molar-refractivity contribution < 1.29 is 4.74 Å². The van der Waals surface area contributed by atoms with Gasteiger partial charge in [0, 0.05) is 20.2 Å². The number of hydrogen-bond donors (Lipinski definition) is 1. The molecule has 2 N–H and O–H groups in total. The van der Waals surface area contributed by atoms with Gasteiger partial charge in [0.2, 0.25) is 17.2 Å². The maximum Gasteiger partial charge on any atom is 0.231 e. The van der Waals surface area contributed by atoms with E-state index in [0.29, 0.717) is 5.95 Å². The maximum atomic E-state index is 5.70. The quantitative estimate of drug-likeness (QED) is 0.788. The molecule has 1 saturated heterocycles. The summed E-state index contributed by atoms with van der Waals surface area (Å²) in [6, 6.07) is 0. The molecule has 15 heavy (non-hydrogen) atoms. The van der Waals surface area contributed by atoms with E-state index in [2.05, 4.69) is 15.0 Å². The van der Waals surface area contributed by atoms with Crippen molar-refractivity contribution in [1.82, 2.24) is 15.0 Å². The summed E-state index contributed by atoms with van der Waals surface area (Å²) in [6.07, 6.45) is 1.18. The average Bonchev–Trinajstić information content (AvgIpc) is 2.64. The molecule has 0 bridgehead atoms. The Balaban J connectivity index is 2.16. The number of aromatic nitrogens is 3. The molecule has 1 unspecified atom stereocenters. The first-order chi connectivity index (χ1) is 7.19. The normalized spacial score (nSPS) is 20.9. The molecule has 2 rings (SSSR count). The van der Waals surface area contributed by atoms with Gasteiger partial charge in [0.15, 0.2) is 0 Å².